The van der Waals surface area contributed by atoms with Crippen LogP contribution in [0.25, 0.3) is 17.0 Å². The Morgan fingerprint density at radius 3 is 2.67 bits per heavy atom. The van der Waals surface area contributed by atoms with Crippen molar-refractivity contribution in [3.05, 3.63) is 69.8 Å². The predicted molar refractivity (Wildman–Crippen MR) is 106 cm³/mol. The van der Waals surface area contributed by atoms with Crippen molar-refractivity contribution < 1.29 is 4.79 Å². The van der Waals surface area contributed by atoms with Gasteiger partial charge in [0.2, 0.25) is 0 Å². The van der Waals surface area contributed by atoms with E-state index in [4.69, 9.17) is 28.5 Å². The standard InChI is InChI=1S/C20H12Cl2N4O/c21-16-5-3-6-17(19(16)22)25-20(27)13(11-24)10-14-12-26(9-8-23)18-7-2-1-4-15(14)18/h1-7,10,12H,9H2,(H,25,27). The minimum Gasteiger partial charge on any atom is -0.333 e. The van der Waals surface area contributed by atoms with Crippen molar-refractivity contribution in [2.75, 3.05) is 5.32 Å². The Kier molecular flexibility index (Phi) is 5.47. The van der Waals surface area contributed by atoms with Gasteiger partial charge in [-0.1, -0.05) is 47.5 Å². The molecule has 0 saturated carbocycles. The van der Waals surface area contributed by atoms with Crippen LogP contribution in [-0.4, -0.2) is 10.5 Å². The van der Waals surface area contributed by atoms with E-state index in [1.54, 1.807) is 29.0 Å². The second-order valence-electron chi connectivity index (χ2n) is 5.61. The van der Waals surface area contributed by atoms with Gasteiger partial charge >= 0.3 is 0 Å². The number of amides is 1. The minimum atomic E-state index is -0.598. The summed E-state index contributed by atoms with van der Waals surface area (Å²) in [4.78, 5) is 12.5. The number of fused-ring (bicyclic) bond motifs is 1. The maximum Gasteiger partial charge on any atom is 0.266 e. The SMILES string of the molecule is N#CCn1cc(C=C(C#N)C(=O)Nc2cccc(Cl)c2Cl)c2ccccc21. The molecular weight excluding hydrogens is 383 g/mol. The maximum atomic E-state index is 12.5. The molecule has 0 atom stereocenters. The predicted octanol–water partition coefficient (Wildman–Crippen LogP) is 5.02. The van der Waals surface area contributed by atoms with Crippen LogP contribution in [0.3, 0.4) is 0 Å². The highest BCUT2D eigenvalue weighted by molar-refractivity contribution is 6.44. The van der Waals surface area contributed by atoms with Crippen LogP contribution in [0.1, 0.15) is 5.56 Å². The van der Waals surface area contributed by atoms with E-state index in [1.807, 2.05) is 30.3 Å². The van der Waals surface area contributed by atoms with Crippen LogP contribution >= 0.6 is 23.2 Å². The van der Waals surface area contributed by atoms with Gasteiger partial charge in [0.15, 0.2) is 0 Å². The van der Waals surface area contributed by atoms with E-state index in [0.29, 0.717) is 16.3 Å². The summed E-state index contributed by atoms with van der Waals surface area (Å²) in [5.41, 5.74) is 1.75. The molecule has 0 unspecified atom stereocenters. The largest absolute Gasteiger partial charge is 0.333 e. The summed E-state index contributed by atoms with van der Waals surface area (Å²) >= 11 is 12.0. The van der Waals surface area contributed by atoms with E-state index in [1.165, 1.54) is 6.08 Å². The maximum absolute atomic E-state index is 12.5. The highest BCUT2D eigenvalue weighted by Gasteiger charge is 2.14. The number of hydrogen-bond donors (Lipinski definition) is 1. The Hall–Kier alpha value is -3.25. The van der Waals surface area contributed by atoms with Crippen molar-refractivity contribution in [2.45, 2.75) is 6.54 Å². The summed E-state index contributed by atoms with van der Waals surface area (Å²) in [7, 11) is 0. The van der Waals surface area contributed by atoms with E-state index in [0.717, 1.165) is 10.9 Å². The van der Waals surface area contributed by atoms with Crippen molar-refractivity contribution in [3.63, 3.8) is 0 Å². The molecule has 7 heteroatoms. The van der Waals surface area contributed by atoms with Gasteiger partial charge in [0.1, 0.15) is 18.2 Å². The molecule has 0 saturated heterocycles. The summed E-state index contributed by atoms with van der Waals surface area (Å²) < 4.78 is 1.77. The monoisotopic (exact) mass is 394 g/mol. The number of carbonyl (C=O) groups is 1. The first kappa shape index (κ1) is 18.5. The average molecular weight is 395 g/mol. The molecule has 27 heavy (non-hydrogen) atoms. The third kappa shape index (κ3) is 3.80. The first-order valence-electron chi connectivity index (χ1n) is 7.87. The Balaban J connectivity index is 1.99. The lowest BCUT2D eigenvalue weighted by Gasteiger charge is -2.07. The van der Waals surface area contributed by atoms with Gasteiger partial charge in [-0.05, 0) is 24.3 Å². The van der Waals surface area contributed by atoms with Crippen LogP contribution in [0.4, 0.5) is 5.69 Å². The molecule has 0 bridgehead atoms. The summed E-state index contributed by atoms with van der Waals surface area (Å²) in [6.07, 6.45) is 3.23. The van der Waals surface area contributed by atoms with Crippen molar-refractivity contribution >= 4 is 51.8 Å². The molecular formula is C20H12Cl2N4O. The molecule has 2 aromatic carbocycles. The lowest BCUT2D eigenvalue weighted by molar-refractivity contribution is -0.112. The molecule has 1 heterocycles. The number of carbonyl (C=O) groups excluding carboxylic acids is 1. The molecule has 3 rings (SSSR count). The topological polar surface area (TPSA) is 81.6 Å². The summed E-state index contributed by atoms with van der Waals surface area (Å²) in [6, 6.07) is 16.3. The molecule has 1 N–H and O–H groups in total. The van der Waals surface area contributed by atoms with Gasteiger partial charge in [0.05, 0.1) is 21.8 Å². The summed E-state index contributed by atoms with van der Waals surface area (Å²) in [5, 5.41) is 22.4. The van der Waals surface area contributed by atoms with E-state index < -0.39 is 5.91 Å². The van der Waals surface area contributed by atoms with E-state index >= 15 is 0 Å². The number of rotatable bonds is 4. The third-order valence-corrected chi connectivity index (χ3v) is 4.74. The smallest absolute Gasteiger partial charge is 0.266 e. The number of hydrogen-bond acceptors (Lipinski definition) is 3. The molecule has 0 aliphatic rings. The first-order valence-corrected chi connectivity index (χ1v) is 8.62. The van der Waals surface area contributed by atoms with Gasteiger partial charge in [0.25, 0.3) is 5.91 Å². The number of anilines is 1. The molecule has 0 aliphatic heterocycles. The number of nitrogens with one attached hydrogen (secondary N) is 1. The molecule has 132 valence electrons. The number of para-hydroxylation sites is 1. The molecule has 5 nitrogen and oxygen atoms in total. The fourth-order valence-corrected chi connectivity index (χ4v) is 3.04. The number of benzene rings is 2. The lowest BCUT2D eigenvalue weighted by atomic mass is 10.1. The quantitative estimate of drug-likeness (QED) is 0.498. The zero-order valence-electron chi connectivity index (χ0n) is 13.9. The van der Waals surface area contributed by atoms with Gasteiger partial charge in [-0.15, -0.1) is 0 Å². The molecule has 0 spiro atoms. The van der Waals surface area contributed by atoms with Crippen molar-refractivity contribution in [1.82, 2.24) is 4.57 Å². The number of nitrogens with zero attached hydrogens (tertiary/aromatic N) is 3. The number of nitriles is 2. The third-order valence-electron chi connectivity index (χ3n) is 3.93. The van der Waals surface area contributed by atoms with Gasteiger partial charge in [0, 0.05) is 22.7 Å². The van der Waals surface area contributed by atoms with E-state index in [9.17, 15) is 10.1 Å². The zero-order valence-corrected chi connectivity index (χ0v) is 15.4. The van der Waals surface area contributed by atoms with Crippen LogP contribution in [0.15, 0.2) is 54.2 Å². The highest BCUT2D eigenvalue weighted by atomic mass is 35.5. The lowest BCUT2D eigenvalue weighted by Crippen LogP contribution is -2.13. The van der Waals surface area contributed by atoms with Gasteiger partial charge in [-0.25, -0.2) is 0 Å². The highest BCUT2D eigenvalue weighted by Crippen LogP contribution is 2.30. The van der Waals surface area contributed by atoms with Crippen molar-refractivity contribution in [2.24, 2.45) is 0 Å². The van der Waals surface area contributed by atoms with Crippen LogP contribution < -0.4 is 5.32 Å². The van der Waals surface area contributed by atoms with E-state index in [-0.39, 0.29) is 17.1 Å². The molecule has 0 radical (unpaired) electrons. The Morgan fingerprint density at radius 2 is 1.93 bits per heavy atom. The molecule has 1 amide bonds. The molecule has 3 aromatic rings. The van der Waals surface area contributed by atoms with Crippen LogP contribution in [0, 0.1) is 22.7 Å². The van der Waals surface area contributed by atoms with Crippen LogP contribution in [0.5, 0.6) is 0 Å². The molecule has 1 aromatic heterocycles. The summed E-state index contributed by atoms with van der Waals surface area (Å²) in [6.45, 7) is 0.167. The Morgan fingerprint density at radius 1 is 1.15 bits per heavy atom. The van der Waals surface area contributed by atoms with Crippen molar-refractivity contribution in [3.8, 4) is 12.1 Å². The fraction of sp³-hybridized carbons (Fsp3) is 0.0500. The fourth-order valence-electron chi connectivity index (χ4n) is 2.69. The number of aromatic nitrogens is 1. The normalized spacial score (nSPS) is 11.0. The van der Waals surface area contributed by atoms with Crippen LogP contribution in [0.2, 0.25) is 10.0 Å². The second-order valence-corrected chi connectivity index (χ2v) is 6.40. The van der Waals surface area contributed by atoms with Crippen molar-refractivity contribution in [1.29, 1.82) is 10.5 Å². The molecule has 0 fully saturated rings. The summed E-state index contributed by atoms with van der Waals surface area (Å²) in [5.74, 6) is -0.598. The minimum absolute atomic E-state index is 0.0918. The van der Waals surface area contributed by atoms with Gasteiger partial charge in [-0.2, -0.15) is 10.5 Å². The Labute approximate surface area is 165 Å². The van der Waals surface area contributed by atoms with Gasteiger partial charge < -0.3 is 9.88 Å². The Bertz CT molecular complexity index is 1150. The average Bonchev–Trinajstić information content (AvgIpc) is 3.01. The molecule has 0 aliphatic carbocycles. The van der Waals surface area contributed by atoms with E-state index in [2.05, 4.69) is 11.4 Å². The van der Waals surface area contributed by atoms with Crippen LogP contribution in [-0.2, 0) is 11.3 Å². The number of halogens is 2. The second kappa shape index (κ2) is 7.97. The zero-order chi connectivity index (χ0) is 19.4. The first-order chi connectivity index (χ1) is 13.0. The van der Waals surface area contributed by atoms with Gasteiger partial charge in [-0.3, -0.25) is 4.79 Å².